The van der Waals surface area contributed by atoms with Gasteiger partial charge in [-0.05, 0) is 36.5 Å². The highest BCUT2D eigenvalue weighted by Crippen LogP contribution is 2.18. The standard InChI is InChI=1S/C10H11FN4S/c11-5-6-15-9(13-14-10(15)16)7-1-3-8(12)4-2-7/h1-4H,5-6,12H2,(H,14,16). The van der Waals surface area contributed by atoms with E-state index in [2.05, 4.69) is 10.2 Å². The number of benzene rings is 1. The van der Waals surface area contributed by atoms with E-state index in [1.54, 1.807) is 16.7 Å². The quantitative estimate of drug-likeness (QED) is 0.636. The van der Waals surface area contributed by atoms with Gasteiger partial charge in [0.1, 0.15) is 6.67 Å². The second-order valence-electron chi connectivity index (χ2n) is 3.31. The minimum Gasteiger partial charge on any atom is -0.399 e. The van der Waals surface area contributed by atoms with Gasteiger partial charge >= 0.3 is 0 Å². The second kappa shape index (κ2) is 4.44. The first-order chi connectivity index (χ1) is 7.72. The van der Waals surface area contributed by atoms with Crippen molar-refractivity contribution < 1.29 is 4.39 Å². The van der Waals surface area contributed by atoms with Crippen molar-refractivity contribution in [1.82, 2.24) is 14.8 Å². The number of rotatable bonds is 3. The molecular formula is C10H11FN4S. The van der Waals surface area contributed by atoms with E-state index in [0.717, 1.165) is 5.56 Å². The van der Waals surface area contributed by atoms with Crippen LogP contribution in [0.1, 0.15) is 0 Å². The average Bonchev–Trinajstić information content (AvgIpc) is 2.63. The average molecular weight is 238 g/mol. The molecule has 6 heteroatoms. The first-order valence-electron chi connectivity index (χ1n) is 4.79. The molecule has 1 aromatic carbocycles. The minimum atomic E-state index is -0.476. The normalized spacial score (nSPS) is 10.6. The number of nitrogens with one attached hydrogen (secondary N) is 1. The number of nitrogen functional groups attached to an aromatic ring is 1. The Hall–Kier alpha value is -1.69. The summed E-state index contributed by atoms with van der Waals surface area (Å²) in [5, 5.41) is 6.73. The predicted octanol–water partition coefficient (Wildman–Crippen LogP) is 2.16. The maximum Gasteiger partial charge on any atom is 0.195 e. The van der Waals surface area contributed by atoms with E-state index in [0.29, 0.717) is 16.3 Å². The molecule has 2 rings (SSSR count). The molecule has 0 atom stereocenters. The number of aromatic nitrogens is 3. The predicted molar refractivity (Wildman–Crippen MR) is 63.2 cm³/mol. The zero-order valence-corrected chi connectivity index (χ0v) is 9.30. The summed E-state index contributed by atoms with van der Waals surface area (Å²) in [5.74, 6) is 0.627. The molecule has 1 heterocycles. The van der Waals surface area contributed by atoms with E-state index in [9.17, 15) is 4.39 Å². The van der Waals surface area contributed by atoms with Crippen LogP contribution in [0.5, 0.6) is 0 Å². The molecule has 0 unspecified atom stereocenters. The Bertz CT molecular complexity index is 528. The molecule has 0 spiro atoms. The Morgan fingerprint density at radius 3 is 2.69 bits per heavy atom. The summed E-state index contributed by atoms with van der Waals surface area (Å²) in [6.07, 6.45) is 0. The van der Waals surface area contributed by atoms with Crippen molar-refractivity contribution in [1.29, 1.82) is 0 Å². The third-order valence-electron chi connectivity index (χ3n) is 2.24. The number of H-pyrrole nitrogens is 1. The SMILES string of the molecule is Nc1ccc(-c2n[nH]c(=S)n2CCF)cc1. The van der Waals surface area contributed by atoms with E-state index in [1.807, 2.05) is 12.1 Å². The maximum atomic E-state index is 12.4. The molecule has 2 aromatic rings. The molecule has 0 aliphatic carbocycles. The van der Waals surface area contributed by atoms with Crippen molar-refractivity contribution in [2.24, 2.45) is 0 Å². The largest absolute Gasteiger partial charge is 0.399 e. The maximum absolute atomic E-state index is 12.4. The molecule has 1 aromatic heterocycles. The Kier molecular flexibility index (Phi) is 3.00. The summed E-state index contributed by atoms with van der Waals surface area (Å²) in [7, 11) is 0. The number of nitrogens with zero attached hydrogens (tertiary/aromatic N) is 2. The van der Waals surface area contributed by atoms with Crippen LogP contribution in [-0.2, 0) is 6.54 Å². The van der Waals surface area contributed by atoms with Gasteiger partial charge in [-0.25, -0.2) is 4.39 Å². The zero-order chi connectivity index (χ0) is 11.5. The monoisotopic (exact) mass is 238 g/mol. The molecule has 0 fully saturated rings. The van der Waals surface area contributed by atoms with Crippen molar-refractivity contribution in [2.75, 3.05) is 12.4 Å². The number of hydrogen-bond acceptors (Lipinski definition) is 3. The molecular weight excluding hydrogens is 227 g/mol. The van der Waals surface area contributed by atoms with Crippen molar-refractivity contribution in [3.8, 4) is 11.4 Å². The van der Waals surface area contributed by atoms with E-state index >= 15 is 0 Å². The Morgan fingerprint density at radius 2 is 2.06 bits per heavy atom. The Balaban J connectivity index is 2.47. The molecule has 0 radical (unpaired) electrons. The second-order valence-corrected chi connectivity index (χ2v) is 3.70. The number of halogens is 1. The lowest BCUT2D eigenvalue weighted by molar-refractivity contribution is 0.445. The summed E-state index contributed by atoms with van der Waals surface area (Å²) in [6.45, 7) is -0.273. The fourth-order valence-corrected chi connectivity index (χ4v) is 1.69. The molecule has 16 heavy (non-hydrogen) atoms. The number of anilines is 1. The van der Waals surface area contributed by atoms with Gasteiger partial charge in [-0.1, -0.05) is 0 Å². The van der Waals surface area contributed by atoms with Crippen LogP contribution in [0.15, 0.2) is 24.3 Å². The van der Waals surface area contributed by atoms with Gasteiger partial charge in [-0.3, -0.25) is 9.67 Å². The van der Waals surface area contributed by atoms with Gasteiger partial charge in [0, 0.05) is 11.3 Å². The van der Waals surface area contributed by atoms with Crippen molar-refractivity contribution >= 4 is 17.9 Å². The van der Waals surface area contributed by atoms with E-state index in [-0.39, 0.29) is 6.54 Å². The highest BCUT2D eigenvalue weighted by molar-refractivity contribution is 7.71. The van der Waals surface area contributed by atoms with Crippen LogP contribution in [0.4, 0.5) is 10.1 Å². The number of alkyl halides is 1. The Morgan fingerprint density at radius 1 is 1.38 bits per heavy atom. The molecule has 0 saturated heterocycles. The van der Waals surface area contributed by atoms with Crippen LogP contribution in [-0.4, -0.2) is 21.4 Å². The fraction of sp³-hybridized carbons (Fsp3) is 0.200. The van der Waals surface area contributed by atoms with Crippen LogP contribution in [0.2, 0.25) is 0 Å². The molecule has 0 aliphatic heterocycles. The Labute approximate surface area is 96.9 Å². The lowest BCUT2D eigenvalue weighted by atomic mass is 10.2. The van der Waals surface area contributed by atoms with E-state index < -0.39 is 6.67 Å². The summed E-state index contributed by atoms with van der Waals surface area (Å²) in [6, 6.07) is 7.20. The highest BCUT2D eigenvalue weighted by Gasteiger charge is 2.07. The molecule has 0 saturated carbocycles. The van der Waals surface area contributed by atoms with Crippen molar-refractivity contribution in [3.05, 3.63) is 29.0 Å². The number of nitrogens with two attached hydrogens (primary N) is 1. The van der Waals surface area contributed by atoms with Gasteiger partial charge < -0.3 is 5.73 Å². The van der Waals surface area contributed by atoms with Crippen LogP contribution >= 0.6 is 12.2 Å². The molecule has 3 N–H and O–H groups in total. The highest BCUT2D eigenvalue weighted by atomic mass is 32.1. The minimum absolute atomic E-state index is 0.203. The van der Waals surface area contributed by atoms with Gasteiger partial charge in [0.25, 0.3) is 0 Å². The third kappa shape index (κ3) is 1.96. The smallest absolute Gasteiger partial charge is 0.195 e. The molecule has 4 nitrogen and oxygen atoms in total. The summed E-state index contributed by atoms with van der Waals surface area (Å²) in [4.78, 5) is 0. The van der Waals surface area contributed by atoms with Gasteiger partial charge in [0.05, 0.1) is 6.54 Å². The van der Waals surface area contributed by atoms with E-state index in [1.165, 1.54) is 0 Å². The summed E-state index contributed by atoms with van der Waals surface area (Å²) >= 11 is 5.02. The van der Waals surface area contributed by atoms with Gasteiger partial charge in [-0.2, -0.15) is 5.10 Å². The molecule has 0 amide bonds. The number of hydrogen-bond donors (Lipinski definition) is 2. The van der Waals surface area contributed by atoms with Crippen LogP contribution in [0.25, 0.3) is 11.4 Å². The van der Waals surface area contributed by atoms with Crippen molar-refractivity contribution in [3.63, 3.8) is 0 Å². The molecule has 0 bridgehead atoms. The first kappa shape index (κ1) is 10.8. The van der Waals surface area contributed by atoms with E-state index in [4.69, 9.17) is 18.0 Å². The van der Waals surface area contributed by atoms with Crippen LogP contribution < -0.4 is 5.73 Å². The molecule has 84 valence electrons. The fourth-order valence-electron chi connectivity index (χ4n) is 1.46. The third-order valence-corrected chi connectivity index (χ3v) is 2.55. The first-order valence-corrected chi connectivity index (χ1v) is 5.20. The van der Waals surface area contributed by atoms with Gasteiger partial charge in [0.15, 0.2) is 10.6 Å². The van der Waals surface area contributed by atoms with Crippen molar-refractivity contribution in [2.45, 2.75) is 6.54 Å². The van der Waals surface area contributed by atoms with Gasteiger partial charge in [-0.15, -0.1) is 0 Å². The zero-order valence-electron chi connectivity index (χ0n) is 8.48. The molecule has 0 aliphatic rings. The van der Waals surface area contributed by atoms with Gasteiger partial charge in [0.2, 0.25) is 0 Å². The summed E-state index contributed by atoms with van der Waals surface area (Å²) < 4.78 is 14.4. The summed E-state index contributed by atoms with van der Waals surface area (Å²) in [5.41, 5.74) is 7.12. The lowest BCUT2D eigenvalue weighted by Crippen LogP contribution is -2.02. The lowest BCUT2D eigenvalue weighted by Gasteiger charge is -2.04. The van der Waals surface area contributed by atoms with Crippen LogP contribution in [0.3, 0.4) is 0 Å². The number of aromatic amines is 1. The topological polar surface area (TPSA) is 59.6 Å². The van der Waals surface area contributed by atoms with Crippen LogP contribution in [0, 0.1) is 4.77 Å².